The summed E-state index contributed by atoms with van der Waals surface area (Å²) in [5.74, 6) is -0.331. The Morgan fingerprint density at radius 3 is 2.65 bits per heavy atom. The number of benzene rings is 1. The largest absolute Gasteiger partial charge is 0.387 e. The van der Waals surface area contributed by atoms with Crippen molar-refractivity contribution in [3.8, 4) is 0 Å². The van der Waals surface area contributed by atoms with Crippen molar-refractivity contribution in [2.45, 2.75) is 38.3 Å². The average molecular weight is 333 g/mol. The van der Waals surface area contributed by atoms with Crippen molar-refractivity contribution in [1.29, 1.82) is 0 Å². The summed E-state index contributed by atoms with van der Waals surface area (Å²) in [6.45, 7) is 2.28. The fourth-order valence-corrected chi connectivity index (χ4v) is 3.64. The molecule has 2 aromatic rings. The number of carbonyl (C=O) groups is 1. The van der Waals surface area contributed by atoms with Gasteiger partial charge in [-0.15, -0.1) is 11.3 Å². The van der Waals surface area contributed by atoms with Gasteiger partial charge in [-0.2, -0.15) is 0 Å². The number of carbonyl (C=O) groups excluding carboxylic acids is 1. The number of amides is 1. The van der Waals surface area contributed by atoms with Crippen molar-refractivity contribution in [2.75, 3.05) is 6.54 Å². The molecule has 1 saturated carbocycles. The first kappa shape index (κ1) is 16.1. The monoisotopic (exact) mass is 333 g/mol. The minimum atomic E-state index is -0.801. The molecule has 23 heavy (non-hydrogen) atoms. The predicted octanol–water partition coefficient (Wildman–Crippen LogP) is 3.79. The maximum atomic E-state index is 13.0. The number of aryl methyl sites for hydroxylation is 1. The van der Waals surface area contributed by atoms with Gasteiger partial charge in [0.05, 0.1) is 17.5 Å². The van der Waals surface area contributed by atoms with Crippen molar-refractivity contribution < 1.29 is 14.3 Å². The second-order valence-electron chi connectivity index (χ2n) is 5.88. The maximum absolute atomic E-state index is 13.0. The van der Waals surface area contributed by atoms with Crippen LogP contribution in [0.1, 0.15) is 46.7 Å². The summed E-state index contributed by atoms with van der Waals surface area (Å²) >= 11 is 1.46. The van der Waals surface area contributed by atoms with Gasteiger partial charge in [0.1, 0.15) is 5.82 Å². The topological polar surface area (TPSA) is 40.5 Å². The lowest BCUT2D eigenvalue weighted by Gasteiger charge is -2.25. The van der Waals surface area contributed by atoms with Gasteiger partial charge in [0, 0.05) is 6.04 Å². The fourth-order valence-electron chi connectivity index (χ4n) is 2.69. The molecule has 1 aromatic heterocycles. The van der Waals surface area contributed by atoms with E-state index in [1.165, 1.54) is 23.5 Å². The van der Waals surface area contributed by atoms with Crippen molar-refractivity contribution in [3.05, 3.63) is 57.5 Å². The van der Waals surface area contributed by atoms with Crippen molar-refractivity contribution in [1.82, 2.24) is 4.90 Å². The zero-order chi connectivity index (χ0) is 16.4. The summed E-state index contributed by atoms with van der Waals surface area (Å²) in [5.41, 5.74) is 1.69. The second kappa shape index (κ2) is 6.81. The van der Waals surface area contributed by atoms with Crippen LogP contribution in [0.2, 0.25) is 0 Å². The quantitative estimate of drug-likeness (QED) is 0.874. The van der Waals surface area contributed by atoms with Gasteiger partial charge in [-0.05, 0) is 54.0 Å². The van der Waals surface area contributed by atoms with Crippen LogP contribution in [0, 0.1) is 5.82 Å². The summed E-state index contributed by atoms with van der Waals surface area (Å²) in [6, 6.07) is 7.99. The van der Waals surface area contributed by atoms with Crippen LogP contribution in [-0.2, 0) is 6.42 Å². The molecule has 1 N–H and O–H groups in total. The third-order valence-electron chi connectivity index (χ3n) is 4.19. The van der Waals surface area contributed by atoms with E-state index in [4.69, 9.17) is 0 Å². The van der Waals surface area contributed by atoms with Gasteiger partial charge in [-0.1, -0.05) is 19.1 Å². The van der Waals surface area contributed by atoms with E-state index in [1.807, 2.05) is 18.4 Å². The molecule has 1 aromatic carbocycles. The summed E-state index contributed by atoms with van der Waals surface area (Å²) in [7, 11) is 0. The van der Waals surface area contributed by atoms with E-state index in [1.54, 1.807) is 17.0 Å². The van der Waals surface area contributed by atoms with Gasteiger partial charge in [-0.25, -0.2) is 4.39 Å². The molecule has 0 spiro atoms. The molecule has 3 rings (SSSR count). The molecule has 1 aliphatic carbocycles. The highest BCUT2D eigenvalue weighted by molar-refractivity contribution is 7.12. The van der Waals surface area contributed by atoms with E-state index in [-0.39, 0.29) is 24.3 Å². The number of rotatable bonds is 6. The second-order valence-corrected chi connectivity index (χ2v) is 6.80. The molecule has 0 bridgehead atoms. The van der Waals surface area contributed by atoms with Crippen LogP contribution in [0.5, 0.6) is 0 Å². The Morgan fingerprint density at radius 1 is 1.35 bits per heavy atom. The van der Waals surface area contributed by atoms with Crippen LogP contribution in [0.4, 0.5) is 4.39 Å². The highest BCUT2D eigenvalue weighted by atomic mass is 32.1. The van der Waals surface area contributed by atoms with Crippen molar-refractivity contribution in [2.24, 2.45) is 0 Å². The Morgan fingerprint density at radius 2 is 2.04 bits per heavy atom. The minimum Gasteiger partial charge on any atom is -0.387 e. The van der Waals surface area contributed by atoms with E-state index in [0.29, 0.717) is 5.56 Å². The number of aliphatic hydroxyl groups is 1. The molecule has 1 fully saturated rings. The maximum Gasteiger partial charge on any atom is 0.264 e. The lowest BCUT2D eigenvalue weighted by molar-refractivity contribution is 0.0606. The zero-order valence-electron chi connectivity index (χ0n) is 13.0. The molecule has 3 nitrogen and oxygen atoms in total. The van der Waals surface area contributed by atoms with Gasteiger partial charge >= 0.3 is 0 Å². The minimum absolute atomic E-state index is 0.000474. The van der Waals surface area contributed by atoms with E-state index in [2.05, 4.69) is 0 Å². The summed E-state index contributed by atoms with van der Waals surface area (Å²) in [5, 5.41) is 12.4. The van der Waals surface area contributed by atoms with Gasteiger partial charge < -0.3 is 10.0 Å². The molecule has 1 atom stereocenters. The van der Waals surface area contributed by atoms with Crippen LogP contribution < -0.4 is 0 Å². The van der Waals surface area contributed by atoms with Gasteiger partial charge in [0.15, 0.2) is 0 Å². The molecule has 1 aliphatic rings. The Kier molecular flexibility index (Phi) is 4.78. The molecule has 0 radical (unpaired) electrons. The first-order chi connectivity index (χ1) is 11.1. The number of nitrogens with zero attached hydrogens (tertiary/aromatic N) is 1. The lowest BCUT2D eigenvalue weighted by atomic mass is 10.1. The SMILES string of the molecule is CCc1ccsc1C(=O)N(CC(O)c1ccc(F)cc1)C1CC1. The zero-order valence-corrected chi connectivity index (χ0v) is 13.9. The molecule has 122 valence electrons. The lowest BCUT2D eigenvalue weighted by Crippen LogP contribution is -2.36. The number of hydrogen-bond acceptors (Lipinski definition) is 3. The van der Waals surface area contributed by atoms with E-state index >= 15 is 0 Å². The first-order valence-corrected chi connectivity index (χ1v) is 8.79. The Balaban J connectivity index is 1.77. The third-order valence-corrected chi connectivity index (χ3v) is 5.14. The molecule has 5 heteroatoms. The Bertz CT molecular complexity index is 679. The molecule has 1 amide bonds. The Labute approximate surface area is 139 Å². The number of halogens is 1. The standard InChI is InChI=1S/C18H20FNO2S/c1-2-12-9-10-23-17(12)18(22)20(15-7-8-15)11-16(21)13-3-5-14(19)6-4-13/h3-6,9-10,15-16,21H,2,7-8,11H2,1H3. The van der Waals surface area contributed by atoms with Gasteiger partial charge in [0.25, 0.3) is 5.91 Å². The summed E-state index contributed by atoms with van der Waals surface area (Å²) < 4.78 is 13.0. The average Bonchev–Trinajstić information content (AvgIpc) is 3.28. The van der Waals surface area contributed by atoms with Gasteiger partial charge in [-0.3, -0.25) is 4.79 Å². The normalized spacial score (nSPS) is 15.4. The van der Waals surface area contributed by atoms with Crippen LogP contribution in [-0.4, -0.2) is 28.5 Å². The van der Waals surface area contributed by atoms with E-state index in [9.17, 15) is 14.3 Å². The van der Waals surface area contributed by atoms with E-state index in [0.717, 1.165) is 29.7 Å². The molecule has 0 saturated heterocycles. The number of aliphatic hydroxyl groups excluding tert-OH is 1. The van der Waals surface area contributed by atoms with Crippen molar-refractivity contribution >= 4 is 17.2 Å². The molecule has 1 heterocycles. The molecular weight excluding hydrogens is 313 g/mol. The van der Waals surface area contributed by atoms with Gasteiger partial charge in [0.2, 0.25) is 0 Å². The van der Waals surface area contributed by atoms with E-state index < -0.39 is 6.10 Å². The van der Waals surface area contributed by atoms with Crippen LogP contribution in [0.25, 0.3) is 0 Å². The predicted molar refractivity (Wildman–Crippen MR) is 89.1 cm³/mol. The van der Waals surface area contributed by atoms with Crippen molar-refractivity contribution in [3.63, 3.8) is 0 Å². The third kappa shape index (κ3) is 3.62. The first-order valence-electron chi connectivity index (χ1n) is 7.91. The molecule has 0 aliphatic heterocycles. The summed E-state index contributed by atoms with van der Waals surface area (Å²) in [6.07, 6.45) is 1.98. The van der Waals surface area contributed by atoms with Crippen LogP contribution in [0.3, 0.4) is 0 Å². The van der Waals surface area contributed by atoms with Crippen LogP contribution in [0.15, 0.2) is 35.7 Å². The Hall–Kier alpha value is -1.72. The number of thiophene rings is 1. The fraction of sp³-hybridized carbons (Fsp3) is 0.389. The summed E-state index contributed by atoms with van der Waals surface area (Å²) in [4.78, 5) is 15.4. The van der Waals surface area contributed by atoms with Crippen LogP contribution >= 0.6 is 11.3 Å². The highest BCUT2D eigenvalue weighted by Crippen LogP contribution is 2.32. The molecular formula is C18H20FNO2S. The number of hydrogen-bond donors (Lipinski definition) is 1. The highest BCUT2D eigenvalue weighted by Gasteiger charge is 2.35. The molecule has 1 unspecified atom stereocenters. The smallest absolute Gasteiger partial charge is 0.264 e.